The van der Waals surface area contributed by atoms with E-state index in [0.717, 1.165) is 36.2 Å². The van der Waals surface area contributed by atoms with E-state index in [9.17, 15) is 4.79 Å². The summed E-state index contributed by atoms with van der Waals surface area (Å²) in [5, 5.41) is 4.66. The topological polar surface area (TPSA) is 73.9 Å². The highest BCUT2D eigenvalue weighted by atomic mass is 16.2. The normalized spacial score (nSPS) is 10.8. The number of H-pyrrole nitrogens is 1. The van der Waals surface area contributed by atoms with Crippen molar-refractivity contribution in [3.8, 4) is 0 Å². The van der Waals surface area contributed by atoms with E-state index in [1.165, 1.54) is 10.9 Å². The SMILES string of the molecule is CN(CCc1ccncc1)C(=O)c1cc(NCCc2c[nH]c3ccccc23)ccn1. The van der Waals surface area contributed by atoms with Crippen LogP contribution in [0.3, 0.4) is 0 Å². The van der Waals surface area contributed by atoms with Crippen molar-refractivity contribution >= 4 is 22.5 Å². The fraction of sp³-hybridized carbons (Fsp3) is 0.208. The highest BCUT2D eigenvalue weighted by molar-refractivity contribution is 5.93. The summed E-state index contributed by atoms with van der Waals surface area (Å²) in [7, 11) is 1.81. The van der Waals surface area contributed by atoms with E-state index < -0.39 is 0 Å². The molecule has 0 unspecified atom stereocenters. The van der Waals surface area contributed by atoms with Crippen LogP contribution in [0.2, 0.25) is 0 Å². The Morgan fingerprint density at radius 2 is 1.90 bits per heavy atom. The molecule has 0 spiro atoms. The molecule has 6 heteroatoms. The van der Waals surface area contributed by atoms with Gasteiger partial charge in [-0.25, -0.2) is 0 Å². The molecule has 0 saturated heterocycles. The molecule has 2 N–H and O–H groups in total. The van der Waals surface area contributed by atoms with Gasteiger partial charge in [0.2, 0.25) is 0 Å². The quantitative estimate of drug-likeness (QED) is 0.471. The standard InChI is InChI=1S/C24H25N5O/c1-29(15-10-18-6-11-25-12-7-18)24(30)23-16-20(9-14-27-23)26-13-8-19-17-28-22-5-3-2-4-21(19)22/h2-7,9,11-12,14,16-17,28H,8,10,13,15H2,1H3,(H,26,27). The van der Waals surface area contributed by atoms with Gasteiger partial charge in [0.1, 0.15) is 5.69 Å². The minimum Gasteiger partial charge on any atom is -0.385 e. The number of carbonyl (C=O) groups excluding carboxylic acids is 1. The Morgan fingerprint density at radius 1 is 1.07 bits per heavy atom. The molecule has 0 bridgehead atoms. The molecule has 3 heterocycles. The number of hydrogen-bond donors (Lipinski definition) is 2. The molecular formula is C24H25N5O. The lowest BCUT2D eigenvalue weighted by Crippen LogP contribution is -2.29. The molecule has 3 aromatic heterocycles. The fourth-order valence-corrected chi connectivity index (χ4v) is 3.48. The summed E-state index contributed by atoms with van der Waals surface area (Å²) >= 11 is 0. The van der Waals surface area contributed by atoms with Gasteiger partial charge in [0.25, 0.3) is 5.91 Å². The van der Waals surface area contributed by atoms with Crippen LogP contribution in [0.4, 0.5) is 5.69 Å². The number of nitrogens with zero attached hydrogens (tertiary/aromatic N) is 3. The van der Waals surface area contributed by atoms with Gasteiger partial charge in [0.15, 0.2) is 0 Å². The van der Waals surface area contributed by atoms with E-state index in [4.69, 9.17) is 0 Å². The molecule has 0 radical (unpaired) electrons. The lowest BCUT2D eigenvalue weighted by Gasteiger charge is -2.17. The number of para-hydroxylation sites is 1. The molecule has 0 aliphatic rings. The number of rotatable bonds is 8. The number of amides is 1. The Balaban J connectivity index is 1.33. The molecule has 0 aliphatic carbocycles. The Kier molecular flexibility index (Phi) is 6.03. The Labute approximate surface area is 176 Å². The minimum absolute atomic E-state index is 0.0793. The number of carbonyl (C=O) groups is 1. The first-order valence-corrected chi connectivity index (χ1v) is 10.1. The van der Waals surface area contributed by atoms with Gasteiger partial charge in [0, 0.05) is 61.5 Å². The smallest absolute Gasteiger partial charge is 0.272 e. The van der Waals surface area contributed by atoms with Crippen molar-refractivity contribution in [1.82, 2.24) is 19.9 Å². The van der Waals surface area contributed by atoms with Gasteiger partial charge < -0.3 is 15.2 Å². The van der Waals surface area contributed by atoms with E-state index in [0.29, 0.717) is 12.2 Å². The van der Waals surface area contributed by atoms with Crippen LogP contribution in [-0.2, 0) is 12.8 Å². The molecule has 0 saturated carbocycles. The number of pyridine rings is 2. The van der Waals surface area contributed by atoms with Crippen LogP contribution in [0, 0.1) is 0 Å². The number of hydrogen-bond acceptors (Lipinski definition) is 4. The molecule has 0 aliphatic heterocycles. The summed E-state index contributed by atoms with van der Waals surface area (Å²) in [4.78, 5) is 26.0. The highest BCUT2D eigenvalue weighted by Gasteiger charge is 2.13. The first-order valence-electron chi connectivity index (χ1n) is 10.1. The highest BCUT2D eigenvalue weighted by Crippen LogP contribution is 2.18. The second kappa shape index (κ2) is 9.22. The van der Waals surface area contributed by atoms with Crippen LogP contribution in [0.15, 0.2) is 73.3 Å². The van der Waals surface area contributed by atoms with E-state index >= 15 is 0 Å². The monoisotopic (exact) mass is 399 g/mol. The zero-order valence-corrected chi connectivity index (χ0v) is 17.0. The first kappa shape index (κ1) is 19.6. The van der Waals surface area contributed by atoms with Gasteiger partial charge in [-0.15, -0.1) is 0 Å². The van der Waals surface area contributed by atoms with Gasteiger partial charge >= 0.3 is 0 Å². The Bertz CT molecular complexity index is 1120. The van der Waals surface area contributed by atoms with Crippen molar-refractivity contribution < 1.29 is 4.79 Å². The van der Waals surface area contributed by atoms with E-state index in [-0.39, 0.29) is 5.91 Å². The summed E-state index contributed by atoms with van der Waals surface area (Å²) in [6.07, 6.45) is 8.95. The van der Waals surface area contributed by atoms with Crippen molar-refractivity contribution in [2.45, 2.75) is 12.8 Å². The molecule has 6 nitrogen and oxygen atoms in total. The number of benzene rings is 1. The molecule has 4 aromatic rings. The summed E-state index contributed by atoms with van der Waals surface area (Å²) in [6, 6.07) is 15.9. The van der Waals surface area contributed by atoms with Crippen LogP contribution in [-0.4, -0.2) is 45.9 Å². The van der Waals surface area contributed by atoms with Crippen LogP contribution in [0.25, 0.3) is 10.9 Å². The molecule has 4 rings (SSSR count). The van der Waals surface area contributed by atoms with E-state index in [1.54, 1.807) is 23.5 Å². The molecule has 1 aromatic carbocycles. The maximum Gasteiger partial charge on any atom is 0.272 e. The third-order valence-electron chi connectivity index (χ3n) is 5.21. The summed E-state index contributed by atoms with van der Waals surface area (Å²) < 4.78 is 0. The zero-order chi connectivity index (χ0) is 20.8. The molecule has 152 valence electrons. The Morgan fingerprint density at radius 3 is 2.77 bits per heavy atom. The van der Waals surface area contributed by atoms with Gasteiger partial charge in [-0.2, -0.15) is 0 Å². The predicted octanol–water partition coefficient (Wildman–Crippen LogP) is 3.93. The van der Waals surface area contributed by atoms with E-state index in [2.05, 4.69) is 44.7 Å². The summed E-state index contributed by atoms with van der Waals surface area (Å²) in [5.74, 6) is -0.0793. The zero-order valence-electron chi connectivity index (χ0n) is 17.0. The third kappa shape index (κ3) is 4.66. The second-order valence-electron chi connectivity index (χ2n) is 7.30. The first-order chi connectivity index (χ1) is 14.7. The number of aromatic nitrogens is 3. The number of likely N-dealkylation sites (N-methyl/N-ethyl adjacent to an activating group) is 1. The number of anilines is 1. The molecular weight excluding hydrogens is 374 g/mol. The van der Waals surface area contributed by atoms with Gasteiger partial charge in [-0.3, -0.25) is 14.8 Å². The maximum atomic E-state index is 12.7. The van der Waals surface area contributed by atoms with Crippen LogP contribution in [0.5, 0.6) is 0 Å². The van der Waals surface area contributed by atoms with Crippen molar-refractivity contribution in [2.75, 3.05) is 25.5 Å². The molecule has 30 heavy (non-hydrogen) atoms. The van der Waals surface area contributed by atoms with E-state index in [1.807, 2.05) is 37.4 Å². The Hall–Kier alpha value is -3.67. The average molecular weight is 399 g/mol. The van der Waals surface area contributed by atoms with Gasteiger partial charge in [-0.05, 0) is 54.3 Å². The maximum absolute atomic E-state index is 12.7. The van der Waals surface area contributed by atoms with Gasteiger partial charge in [0.05, 0.1) is 0 Å². The number of aromatic amines is 1. The number of nitrogens with one attached hydrogen (secondary N) is 2. The van der Waals surface area contributed by atoms with Crippen molar-refractivity contribution in [3.05, 3.63) is 90.1 Å². The van der Waals surface area contributed by atoms with Crippen molar-refractivity contribution in [1.29, 1.82) is 0 Å². The third-order valence-corrected chi connectivity index (χ3v) is 5.21. The summed E-state index contributed by atoms with van der Waals surface area (Å²) in [6.45, 7) is 1.40. The van der Waals surface area contributed by atoms with Crippen LogP contribution >= 0.6 is 0 Å². The lowest BCUT2D eigenvalue weighted by atomic mass is 10.1. The second-order valence-corrected chi connectivity index (χ2v) is 7.30. The van der Waals surface area contributed by atoms with Gasteiger partial charge in [-0.1, -0.05) is 18.2 Å². The molecule has 0 fully saturated rings. The summed E-state index contributed by atoms with van der Waals surface area (Å²) in [5.41, 5.74) is 4.93. The van der Waals surface area contributed by atoms with Crippen LogP contribution in [0.1, 0.15) is 21.6 Å². The van der Waals surface area contributed by atoms with Crippen LogP contribution < -0.4 is 5.32 Å². The predicted molar refractivity (Wildman–Crippen MR) is 120 cm³/mol. The van der Waals surface area contributed by atoms with Crippen molar-refractivity contribution in [3.63, 3.8) is 0 Å². The minimum atomic E-state index is -0.0793. The van der Waals surface area contributed by atoms with Crippen molar-refractivity contribution in [2.24, 2.45) is 0 Å². The number of fused-ring (bicyclic) bond motifs is 1. The molecule has 1 amide bonds. The largest absolute Gasteiger partial charge is 0.385 e. The fourth-order valence-electron chi connectivity index (χ4n) is 3.48. The lowest BCUT2D eigenvalue weighted by molar-refractivity contribution is 0.0791. The molecule has 0 atom stereocenters. The average Bonchev–Trinajstić information content (AvgIpc) is 3.21.